The molecule has 20 heavy (non-hydrogen) atoms. The van der Waals surface area contributed by atoms with Crippen LogP contribution in [0.1, 0.15) is 12.5 Å². The molecule has 0 heterocycles. The van der Waals surface area contributed by atoms with Gasteiger partial charge in [-0.3, -0.25) is 4.99 Å². The highest BCUT2D eigenvalue weighted by Gasteiger charge is 2.10. The Balaban J connectivity index is 2.29. The lowest BCUT2D eigenvalue weighted by atomic mass is 10.2. The average molecular weight is 381 g/mol. The molecule has 0 radical (unpaired) electrons. The van der Waals surface area contributed by atoms with E-state index >= 15 is 0 Å². The number of hydrogen-bond donors (Lipinski definition) is 0. The Bertz CT molecular complexity index is 597. The molecule has 0 spiro atoms. The second kappa shape index (κ2) is 7.28. The number of halogens is 1. The van der Waals surface area contributed by atoms with Gasteiger partial charge in [0.15, 0.2) is 11.5 Å². The lowest BCUT2D eigenvalue weighted by molar-refractivity contribution is 0.308. The summed E-state index contributed by atoms with van der Waals surface area (Å²) < 4.78 is 12.0. The molecule has 0 fully saturated rings. The van der Waals surface area contributed by atoms with Crippen LogP contribution in [-0.2, 0) is 0 Å². The van der Waals surface area contributed by atoms with Gasteiger partial charge in [-0.1, -0.05) is 18.2 Å². The first-order valence-electron chi connectivity index (χ1n) is 6.34. The molecule has 0 amide bonds. The number of hydrogen-bond acceptors (Lipinski definition) is 3. The van der Waals surface area contributed by atoms with Crippen molar-refractivity contribution in [3.63, 3.8) is 0 Å². The normalized spacial score (nSPS) is 10.8. The van der Waals surface area contributed by atoms with Crippen molar-refractivity contribution in [3.8, 4) is 11.5 Å². The summed E-state index contributed by atoms with van der Waals surface area (Å²) in [6.45, 7) is 2.57. The Hall–Kier alpha value is -1.56. The summed E-state index contributed by atoms with van der Waals surface area (Å²) in [7, 11) is 1.64. The van der Waals surface area contributed by atoms with Crippen LogP contribution < -0.4 is 9.47 Å². The fourth-order valence-electron chi connectivity index (χ4n) is 1.76. The highest BCUT2D eigenvalue weighted by molar-refractivity contribution is 14.1. The van der Waals surface area contributed by atoms with Gasteiger partial charge in [-0.05, 0) is 59.3 Å². The Morgan fingerprint density at radius 2 is 1.95 bits per heavy atom. The Labute approximate surface area is 132 Å². The third kappa shape index (κ3) is 3.72. The Morgan fingerprint density at radius 3 is 2.60 bits per heavy atom. The maximum Gasteiger partial charge on any atom is 0.174 e. The first-order chi connectivity index (χ1) is 9.74. The number of benzene rings is 2. The molecule has 0 bridgehead atoms. The van der Waals surface area contributed by atoms with Crippen LogP contribution >= 0.6 is 22.6 Å². The molecule has 0 atom stereocenters. The fraction of sp³-hybridized carbons (Fsp3) is 0.188. The molecule has 0 N–H and O–H groups in total. The zero-order chi connectivity index (χ0) is 14.4. The van der Waals surface area contributed by atoms with Crippen molar-refractivity contribution in [2.75, 3.05) is 13.7 Å². The van der Waals surface area contributed by atoms with Gasteiger partial charge in [0.1, 0.15) is 0 Å². The first kappa shape index (κ1) is 14.8. The van der Waals surface area contributed by atoms with E-state index in [1.54, 1.807) is 7.11 Å². The molecule has 0 aromatic heterocycles. The van der Waals surface area contributed by atoms with E-state index in [1.807, 2.05) is 55.6 Å². The smallest absolute Gasteiger partial charge is 0.174 e. The first-order valence-corrected chi connectivity index (χ1v) is 7.42. The van der Waals surface area contributed by atoms with Gasteiger partial charge in [-0.25, -0.2) is 0 Å². The summed E-state index contributed by atoms with van der Waals surface area (Å²) in [5, 5.41) is 0. The monoisotopic (exact) mass is 381 g/mol. The summed E-state index contributed by atoms with van der Waals surface area (Å²) in [6, 6.07) is 13.8. The van der Waals surface area contributed by atoms with Crippen LogP contribution in [0.5, 0.6) is 11.5 Å². The van der Waals surface area contributed by atoms with Gasteiger partial charge in [-0.2, -0.15) is 0 Å². The minimum Gasteiger partial charge on any atom is -0.493 e. The van der Waals surface area contributed by atoms with Gasteiger partial charge in [0, 0.05) is 6.21 Å². The Morgan fingerprint density at radius 1 is 1.20 bits per heavy atom. The molecule has 104 valence electrons. The van der Waals surface area contributed by atoms with Crippen LogP contribution in [-0.4, -0.2) is 19.9 Å². The molecule has 2 aromatic rings. The number of para-hydroxylation sites is 1. The fourth-order valence-corrected chi connectivity index (χ4v) is 2.54. The summed E-state index contributed by atoms with van der Waals surface area (Å²) in [4.78, 5) is 4.44. The van der Waals surface area contributed by atoms with Crippen molar-refractivity contribution < 1.29 is 9.47 Å². The van der Waals surface area contributed by atoms with Crippen molar-refractivity contribution in [2.45, 2.75) is 6.92 Å². The summed E-state index contributed by atoms with van der Waals surface area (Å²) in [5.74, 6) is 1.51. The lowest BCUT2D eigenvalue weighted by Gasteiger charge is -2.12. The molecule has 3 nitrogen and oxygen atoms in total. The molecule has 0 aliphatic heterocycles. The number of nitrogens with zero attached hydrogens (tertiary/aromatic N) is 1. The van der Waals surface area contributed by atoms with E-state index in [1.165, 1.54) is 0 Å². The molecular formula is C16H16INO2. The summed E-state index contributed by atoms with van der Waals surface area (Å²) in [6.07, 6.45) is 1.83. The number of ether oxygens (including phenoxy) is 2. The van der Waals surface area contributed by atoms with Crippen LogP contribution in [0.2, 0.25) is 0 Å². The van der Waals surface area contributed by atoms with Crippen molar-refractivity contribution in [2.24, 2.45) is 4.99 Å². The SMILES string of the molecule is CCOc1c(I)cc(C=Nc2ccccc2)cc1OC. The average Bonchev–Trinajstić information content (AvgIpc) is 2.48. The van der Waals surface area contributed by atoms with Crippen molar-refractivity contribution >= 4 is 34.5 Å². The quantitative estimate of drug-likeness (QED) is 0.566. The van der Waals surface area contributed by atoms with Crippen molar-refractivity contribution in [1.82, 2.24) is 0 Å². The second-order valence-electron chi connectivity index (χ2n) is 4.06. The largest absolute Gasteiger partial charge is 0.493 e. The predicted octanol–water partition coefficient (Wildman–Crippen LogP) is 4.45. The predicted molar refractivity (Wildman–Crippen MR) is 90.6 cm³/mol. The maximum atomic E-state index is 5.60. The number of aliphatic imine (C=N–C) groups is 1. The molecule has 4 heteroatoms. The third-order valence-electron chi connectivity index (χ3n) is 2.66. The molecule has 2 aromatic carbocycles. The van der Waals surface area contributed by atoms with E-state index < -0.39 is 0 Å². The standard InChI is InChI=1S/C16H16INO2/c1-3-20-16-14(17)9-12(10-15(16)19-2)11-18-13-7-5-4-6-8-13/h4-11H,3H2,1-2H3. The van der Waals surface area contributed by atoms with E-state index in [2.05, 4.69) is 27.6 Å². The van der Waals surface area contributed by atoms with Crippen molar-refractivity contribution in [1.29, 1.82) is 0 Å². The molecule has 2 rings (SSSR count). The van der Waals surface area contributed by atoms with Gasteiger partial charge in [0.2, 0.25) is 0 Å². The molecular weight excluding hydrogens is 365 g/mol. The maximum absolute atomic E-state index is 5.60. The van der Waals surface area contributed by atoms with Gasteiger partial charge < -0.3 is 9.47 Å². The van der Waals surface area contributed by atoms with E-state index in [9.17, 15) is 0 Å². The minimum atomic E-state index is 0.615. The zero-order valence-electron chi connectivity index (χ0n) is 11.5. The van der Waals surface area contributed by atoms with Gasteiger partial charge in [-0.15, -0.1) is 0 Å². The van der Waals surface area contributed by atoms with Gasteiger partial charge >= 0.3 is 0 Å². The van der Waals surface area contributed by atoms with E-state index in [-0.39, 0.29) is 0 Å². The van der Waals surface area contributed by atoms with Crippen LogP contribution in [0.25, 0.3) is 0 Å². The summed E-state index contributed by atoms with van der Waals surface area (Å²) >= 11 is 2.25. The van der Waals surface area contributed by atoms with Crippen molar-refractivity contribution in [3.05, 3.63) is 51.6 Å². The van der Waals surface area contributed by atoms with E-state index in [4.69, 9.17) is 9.47 Å². The lowest BCUT2D eigenvalue weighted by Crippen LogP contribution is -1.99. The second-order valence-corrected chi connectivity index (χ2v) is 5.22. The summed E-state index contributed by atoms with van der Waals surface area (Å²) in [5.41, 5.74) is 1.91. The highest BCUT2D eigenvalue weighted by Crippen LogP contribution is 2.33. The molecule has 0 saturated carbocycles. The number of rotatable bonds is 5. The van der Waals surface area contributed by atoms with Gasteiger partial charge in [0.25, 0.3) is 0 Å². The molecule has 0 aliphatic carbocycles. The van der Waals surface area contributed by atoms with Crippen LogP contribution in [0.4, 0.5) is 5.69 Å². The molecule has 0 saturated heterocycles. The number of methoxy groups -OCH3 is 1. The highest BCUT2D eigenvalue weighted by atomic mass is 127. The zero-order valence-corrected chi connectivity index (χ0v) is 13.6. The Kier molecular flexibility index (Phi) is 5.40. The molecule has 0 unspecified atom stereocenters. The third-order valence-corrected chi connectivity index (χ3v) is 3.46. The van der Waals surface area contributed by atoms with E-state index in [0.717, 1.165) is 26.3 Å². The van der Waals surface area contributed by atoms with E-state index in [0.29, 0.717) is 6.61 Å². The molecule has 0 aliphatic rings. The van der Waals surface area contributed by atoms with Gasteiger partial charge in [0.05, 0.1) is 23.0 Å². The van der Waals surface area contributed by atoms with Crippen LogP contribution in [0.15, 0.2) is 47.5 Å². The minimum absolute atomic E-state index is 0.615. The topological polar surface area (TPSA) is 30.8 Å². The van der Waals surface area contributed by atoms with Crippen LogP contribution in [0.3, 0.4) is 0 Å². The van der Waals surface area contributed by atoms with Crippen LogP contribution in [0, 0.1) is 3.57 Å².